The first-order chi connectivity index (χ1) is 16.6. The third kappa shape index (κ3) is 4.33. The molecule has 0 spiro atoms. The van der Waals surface area contributed by atoms with Gasteiger partial charge in [0.05, 0.1) is 5.39 Å². The average Bonchev–Trinajstić information content (AvgIpc) is 3.23. The molecule has 7 nitrogen and oxygen atoms in total. The summed E-state index contributed by atoms with van der Waals surface area (Å²) in [5, 5.41) is 3.86. The molecule has 34 heavy (non-hydrogen) atoms. The highest BCUT2D eigenvalue weighted by Crippen LogP contribution is 2.44. The Balaban J connectivity index is 1.44. The van der Waals surface area contributed by atoms with Crippen LogP contribution in [-0.4, -0.2) is 27.0 Å². The van der Waals surface area contributed by atoms with E-state index in [1.165, 1.54) is 6.33 Å². The van der Waals surface area contributed by atoms with Crippen LogP contribution in [0.1, 0.15) is 37.8 Å². The lowest BCUT2D eigenvalue weighted by molar-refractivity contribution is -0.121. The van der Waals surface area contributed by atoms with E-state index in [1.54, 1.807) is 0 Å². The highest BCUT2D eigenvalue weighted by molar-refractivity contribution is 6.01. The van der Waals surface area contributed by atoms with Crippen molar-refractivity contribution >= 4 is 22.8 Å². The van der Waals surface area contributed by atoms with Crippen molar-refractivity contribution < 1.29 is 9.53 Å². The summed E-state index contributed by atoms with van der Waals surface area (Å²) in [5.74, 6) is 1.83. The van der Waals surface area contributed by atoms with E-state index in [1.807, 2.05) is 43.3 Å². The molecule has 2 heterocycles. The zero-order chi connectivity index (χ0) is 23.5. The number of nitrogen functional groups attached to an aromatic ring is 1. The highest BCUT2D eigenvalue weighted by Gasteiger charge is 2.32. The Bertz CT molecular complexity index is 1300. The molecule has 3 N–H and O–H groups in total. The van der Waals surface area contributed by atoms with Gasteiger partial charge in [-0.1, -0.05) is 55.5 Å². The first-order valence-corrected chi connectivity index (χ1v) is 11.8. The van der Waals surface area contributed by atoms with Gasteiger partial charge in [0.25, 0.3) is 0 Å². The Morgan fingerprint density at radius 2 is 1.85 bits per heavy atom. The molecule has 0 atom stereocenters. The topological polar surface area (TPSA) is 95.1 Å². The molecule has 0 saturated heterocycles. The maximum atomic E-state index is 11.6. The van der Waals surface area contributed by atoms with E-state index in [2.05, 4.69) is 44.2 Å². The standard InChI is InChI=1S/C27H29N5O2/c1-2-24(33)29-14-19-12-20(13-19)32-15-22(25-26(28)30-17-31-27(25)32)21-10-6-7-11-23(21)34-16-18-8-4-3-5-9-18/h3-11,15,17,19-20H,2,12-14,16H2,1H3,(H,29,33)(H2,28,30,31). The Kier molecular flexibility index (Phi) is 6.16. The Labute approximate surface area is 199 Å². The molecule has 1 fully saturated rings. The minimum absolute atomic E-state index is 0.102. The van der Waals surface area contributed by atoms with Gasteiger partial charge in [-0.2, -0.15) is 0 Å². The normalized spacial score (nSPS) is 17.3. The molecule has 0 radical (unpaired) electrons. The van der Waals surface area contributed by atoms with Gasteiger partial charge in [0.1, 0.15) is 30.1 Å². The zero-order valence-corrected chi connectivity index (χ0v) is 19.3. The number of hydrogen-bond acceptors (Lipinski definition) is 5. The first kappa shape index (κ1) is 21.9. The van der Waals surface area contributed by atoms with Gasteiger partial charge >= 0.3 is 0 Å². The number of ether oxygens (including phenoxy) is 1. The van der Waals surface area contributed by atoms with Crippen molar-refractivity contribution in [2.45, 2.75) is 38.8 Å². The van der Waals surface area contributed by atoms with Crippen molar-refractivity contribution in [1.29, 1.82) is 0 Å². The molecule has 1 saturated carbocycles. The molecule has 0 aliphatic heterocycles. The molecule has 1 aliphatic carbocycles. The lowest BCUT2D eigenvalue weighted by atomic mass is 9.80. The predicted molar refractivity (Wildman–Crippen MR) is 133 cm³/mol. The number of rotatable bonds is 8. The summed E-state index contributed by atoms with van der Waals surface area (Å²) < 4.78 is 8.44. The van der Waals surface area contributed by atoms with Crippen molar-refractivity contribution in [3.8, 4) is 16.9 Å². The number of para-hydroxylation sites is 1. The third-order valence-corrected chi connectivity index (χ3v) is 6.57. The molecule has 5 rings (SSSR count). The Hall–Kier alpha value is -3.87. The lowest BCUT2D eigenvalue weighted by Crippen LogP contribution is -2.36. The molecular weight excluding hydrogens is 426 g/mol. The minimum atomic E-state index is 0.102. The average molecular weight is 456 g/mol. The summed E-state index contributed by atoms with van der Waals surface area (Å²) in [6.07, 6.45) is 6.15. The molecular formula is C27H29N5O2. The SMILES string of the molecule is CCC(=O)NCC1CC(n2cc(-c3ccccc3OCc3ccccc3)c3c(N)ncnc32)C1. The number of amides is 1. The summed E-state index contributed by atoms with van der Waals surface area (Å²) in [6, 6.07) is 18.4. The number of fused-ring (bicyclic) bond motifs is 1. The van der Waals surface area contributed by atoms with Crippen molar-refractivity contribution in [3.05, 3.63) is 72.7 Å². The van der Waals surface area contributed by atoms with Gasteiger partial charge in [-0.15, -0.1) is 0 Å². The zero-order valence-electron chi connectivity index (χ0n) is 19.3. The van der Waals surface area contributed by atoms with Gasteiger partial charge in [-0.3, -0.25) is 4.79 Å². The van der Waals surface area contributed by atoms with Crippen LogP contribution in [0.4, 0.5) is 5.82 Å². The lowest BCUT2D eigenvalue weighted by Gasteiger charge is -2.36. The molecule has 2 aromatic heterocycles. The number of nitrogens with zero attached hydrogens (tertiary/aromatic N) is 3. The van der Waals surface area contributed by atoms with Crippen LogP contribution >= 0.6 is 0 Å². The van der Waals surface area contributed by atoms with Crippen LogP contribution in [0.15, 0.2) is 67.1 Å². The van der Waals surface area contributed by atoms with Crippen LogP contribution in [0, 0.1) is 5.92 Å². The highest BCUT2D eigenvalue weighted by atomic mass is 16.5. The van der Waals surface area contributed by atoms with Crippen molar-refractivity contribution in [1.82, 2.24) is 19.9 Å². The molecule has 7 heteroatoms. The fraction of sp³-hybridized carbons (Fsp3) is 0.296. The van der Waals surface area contributed by atoms with Gasteiger partial charge in [-0.05, 0) is 30.4 Å². The third-order valence-electron chi connectivity index (χ3n) is 6.57. The number of aromatic nitrogens is 3. The van der Waals surface area contributed by atoms with Crippen molar-refractivity contribution in [2.75, 3.05) is 12.3 Å². The number of hydrogen-bond donors (Lipinski definition) is 2. The van der Waals surface area contributed by atoms with E-state index in [4.69, 9.17) is 10.5 Å². The summed E-state index contributed by atoms with van der Waals surface area (Å²) in [7, 11) is 0. The van der Waals surface area contributed by atoms with Crippen LogP contribution < -0.4 is 15.8 Å². The second-order valence-corrected chi connectivity index (χ2v) is 8.83. The largest absolute Gasteiger partial charge is 0.488 e. The monoisotopic (exact) mass is 455 g/mol. The van der Waals surface area contributed by atoms with Gasteiger partial charge in [0.15, 0.2) is 0 Å². The van der Waals surface area contributed by atoms with Crippen LogP contribution in [0.5, 0.6) is 5.75 Å². The van der Waals surface area contributed by atoms with E-state index < -0.39 is 0 Å². The summed E-state index contributed by atoms with van der Waals surface area (Å²) >= 11 is 0. The van der Waals surface area contributed by atoms with Gasteiger partial charge < -0.3 is 20.4 Å². The Morgan fingerprint density at radius 1 is 1.09 bits per heavy atom. The second kappa shape index (κ2) is 9.55. The number of nitrogens with two attached hydrogens (primary N) is 1. The molecule has 2 aromatic carbocycles. The second-order valence-electron chi connectivity index (χ2n) is 8.83. The first-order valence-electron chi connectivity index (χ1n) is 11.8. The van der Waals surface area contributed by atoms with Crippen LogP contribution in [0.2, 0.25) is 0 Å². The number of benzene rings is 2. The van der Waals surface area contributed by atoms with Gasteiger partial charge in [0, 0.05) is 36.3 Å². The minimum Gasteiger partial charge on any atom is -0.488 e. The summed E-state index contributed by atoms with van der Waals surface area (Å²) in [4.78, 5) is 20.5. The number of carbonyl (C=O) groups excluding carboxylic acids is 1. The fourth-order valence-electron chi connectivity index (χ4n) is 4.62. The molecule has 0 bridgehead atoms. The maximum Gasteiger partial charge on any atom is 0.219 e. The maximum absolute atomic E-state index is 11.6. The van der Waals surface area contributed by atoms with E-state index >= 15 is 0 Å². The quantitative estimate of drug-likeness (QED) is 0.400. The molecule has 1 aliphatic rings. The summed E-state index contributed by atoms with van der Waals surface area (Å²) in [5.41, 5.74) is 10.2. The van der Waals surface area contributed by atoms with E-state index in [9.17, 15) is 4.79 Å². The number of nitrogens with one attached hydrogen (secondary N) is 1. The van der Waals surface area contributed by atoms with Crippen molar-refractivity contribution in [2.24, 2.45) is 5.92 Å². The molecule has 174 valence electrons. The summed E-state index contributed by atoms with van der Waals surface area (Å²) in [6.45, 7) is 3.08. The van der Waals surface area contributed by atoms with Crippen LogP contribution in [0.3, 0.4) is 0 Å². The molecule has 0 unspecified atom stereocenters. The van der Waals surface area contributed by atoms with Crippen LogP contribution in [-0.2, 0) is 11.4 Å². The fourth-order valence-corrected chi connectivity index (χ4v) is 4.62. The van der Waals surface area contributed by atoms with Crippen LogP contribution in [0.25, 0.3) is 22.2 Å². The van der Waals surface area contributed by atoms with E-state index in [-0.39, 0.29) is 5.91 Å². The van der Waals surface area contributed by atoms with E-state index in [0.717, 1.165) is 52.9 Å². The number of anilines is 1. The number of carbonyl (C=O) groups is 1. The van der Waals surface area contributed by atoms with E-state index in [0.29, 0.717) is 30.8 Å². The Morgan fingerprint density at radius 3 is 2.65 bits per heavy atom. The molecule has 1 amide bonds. The predicted octanol–water partition coefficient (Wildman–Crippen LogP) is 4.74. The van der Waals surface area contributed by atoms with Gasteiger partial charge in [-0.25, -0.2) is 9.97 Å². The molecule has 4 aromatic rings. The van der Waals surface area contributed by atoms with Gasteiger partial charge in [0.2, 0.25) is 5.91 Å². The van der Waals surface area contributed by atoms with Crippen molar-refractivity contribution in [3.63, 3.8) is 0 Å². The smallest absolute Gasteiger partial charge is 0.219 e.